The molecule has 0 spiro atoms. The second-order valence-electron chi connectivity index (χ2n) is 7.65. The van der Waals surface area contributed by atoms with Crippen molar-refractivity contribution < 1.29 is 9.53 Å². The van der Waals surface area contributed by atoms with Crippen LogP contribution in [0.1, 0.15) is 39.1 Å². The van der Waals surface area contributed by atoms with Crippen LogP contribution in [0.15, 0.2) is 48.5 Å². The van der Waals surface area contributed by atoms with Crippen molar-refractivity contribution in [1.82, 2.24) is 14.5 Å². The number of rotatable bonds is 7. The summed E-state index contributed by atoms with van der Waals surface area (Å²) in [5.74, 6) is 1.67. The molecule has 1 heterocycles. The summed E-state index contributed by atoms with van der Waals surface area (Å²) in [5.41, 5.74) is 2.90. The molecule has 3 aromatic rings. The molecule has 3 rings (SSSR count). The molecule has 0 bridgehead atoms. The number of fused-ring (bicyclic) bond motifs is 1. The number of hydrogen-bond donors (Lipinski definition) is 0. The molecule has 0 radical (unpaired) electrons. The van der Waals surface area contributed by atoms with Gasteiger partial charge in [-0.3, -0.25) is 4.79 Å². The number of amides is 1. The van der Waals surface area contributed by atoms with Crippen molar-refractivity contribution in [2.75, 3.05) is 0 Å². The third-order valence-electron chi connectivity index (χ3n) is 4.88. The summed E-state index contributed by atoms with van der Waals surface area (Å²) in [7, 11) is 0. The number of carbonyl (C=O) groups is 1. The first kappa shape index (κ1) is 19.9. The van der Waals surface area contributed by atoms with E-state index in [9.17, 15) is 4.79 Å². The highest BCUT2D eigenvalue weighted by Crippen LogP contribution is 2.21. The van der Waals surface area contributed by atoms with E-state index in [0.29, 0.717) is 6.61 Å². The second kappa shape index (κ2) is 8.46. The second-order valence-corrected chi connectivity index (χ2v) is 7.65. The molecule has 0 aliphatic rings. The maximum Gasteiger partial charge on any atom is 0.243 e. The molecule has 1 aromatic heterocycles. The quantitative estimate of drug-likeness (QED) is 0.604. The van der Waals surface area contributed by atoms with Crippen molar-refractivity contribution in [1.29, 1.82) is 0 Å². The predicted molar refractivity (Wildman–Crippen MR) is 112 cm³/mol. The molecular weight excluding hydrogens is 350 g/mol. The van der Waals surface area contributed by atoms with Crippen LogP contribution in [-0.4, -0.2) is 32.4 Å². The van der Waals surface area contributed by atoms with Gasteiger partial charge < -0.3 is 14.2 Å². The van der Waals surface area contributed by atoms with Gasteiger partial charge in [0.1, 0.15) is 24.7 Å². The lowest BCUT2D eigenvalue weighted by Crippen LogP contribution is -2.43. The molecule has 148 valence electrons. The van der Waals surface area contributed by atoms with E-state index in [0.717, 1.165) is 28.2 Å². The Morgan fingerprint density at radius 3 is 2.36 bits per heavy atom. The van der Waals surface area contributed by atoms with E-state index < -0.39 is 0 Å². The zero-order valence-electron chi connectivity index (χ0n) is 17.3. The molecule has 0 aliphatic carbocycles. The third kappa shape index (κ3) is 4.19. The Hall–Kier alpha value is -2.82. The van der Waals surface area contributed by atoms with Crippen molar-refractivity contribution in [3.8, 4) is 5.75 Å². The minimum absolute atomic E-state index is 0.0882. The first-order valence-electron chi connectivity index (χ1n) is 9.82. The van der Waals surface area contributed by atoms with Crippen LogP contribution < -0.4 is 4.74 Å². The Labute approximate surface area is 166 Å². The van der Waals surface area contributed by atoms with Gasteiger partial charge in [0.25, 0.3) is 0 Å². The van der Waals surface area contributed by atoms with E-state index in [2.05, 4.69) is 0 Å². The minimum atomic E-state index is 0.0882. The number of nitrogens with zero attached hydrogens (tertiary/aromatic N) is 3. The average molecular weight is 380 g/mol. The Morgan fingerprint density at radius 1 is 1.04 bits per heavy atom. The Balaban J connectivity index is 1.91. The first-order chi connectivity index (χ1) is 13.4. The standard InChI is InChI=1S/C23H29N3O2/c1-16(2)26(17(3)4)23(27)14-25-20-12-8-7-11-19(20)24-22(25)15-28-21-13-9-6-10-18(21)5/h6-13,16-17H,14-15H2,1-5H3. The van der Waals surface area contributed by atoms with Crippen molar-refractivity contribution in [2.24, 2.45) is 0 Å². The highest BCUT2D eigenvalue weighted by molar-refractivity contribution is 5.81. The van der Waals surface area contributed by atoms with E-state index in [-0.39, 0.29) is 24.5 Å². The number of ether oxygens (including phenoxy) is 1. The minimum Gasteiger partial charge on any atom is -0.485 e. The summed E-state index contributed by atoms with van der Waals surface area (Å²) in [6.45, 7) is 10.8. The lowest BCUT2D eigenvalue weighted by atomic mass is 10.2. The monoisotopic (exact) mass is 379 g/mol. The van der Waals surface area contributed by atoms with Gasteiger partial charge in [0.2, 0.25) is 5.91 Å². The van der Waals surface area contributed by atoms with Crippen molar-refractivity contribution in [2.45, 2.75) is 59.9 Å². The summed E-state index contributed by atoms with van der Waals surface area (Å²) in [6, 6.07) is 16.1. The van der Waals surface area contributed by atoms with Gasteiger partial charge in [0.15, 0.2) is 0 Å². The molecule has 0 atom stereocenters. The molecule has 0 saturated heterocycles. The van der Waals surface area contributed by atoms with Crippen LogP contribution in [0.3, 0.4) is 0 Å². The summed E-state index contributed by atoms with van der Waals surface area (Å²) >= 11 is 0. The summed E-state index contributed by atoms with van der Waals surface area (Å²) in [4.78, 5) is 19.7. The molecule has 28 heavy (non-hydrogen) atoms. The predicted octanol–water partition coefficient (Wildman–Crippen LogP) is 4.57. The van der Waals surface area contributed by atoms with E-state index in [1.807, 2.05) is 92.6 Å². The first-order valence-corrected chi connectivity index (χ1v) is 9.82. The molecule has 0 saturated carbocycles. The zero-order chi connectivity index (χ0) is 20.3. The molecule has 0 unspecified atom stereocenters. The molecule has 0 N–H and O–H groups in total. The van der Waals surface area contributed by atoms with Crippen LogP contribution in [0.25, 0.3) is 11.0 Å². The van der Waals surface area contributed by atoms with E-state index in [4.69, 9.17) is 9.72 Å². The van der Waals surface area contributed by atoms with Crippen LogP contribution >= 0.6 is 0 Å². The summed E-state index contributed by atoms with van der Waals surface area (Å²) < 4.78 is 8.00. The average Bonchev–Trinajstić information content (AvgIpc) is 2.98. The number of benzene rings is 2. The van der Waals surface area contributed by atoms with Crippen LogP contribution in [-0.2, 0) is 17.9 Å². The lowest BCUT2D eigenvalue weighted by molar-refractivity contribution is -0.135. The summed E-state index contributed by atoms with van der Waals surface area (Å²) in [6.07, 6.45) is 0. The molecule has 5 heteroatoms. The van der Waals surface area contributed by atoms with Gasteiger partial charge in [0, 0.05) is 12.1 Å². The highest BCUT2D eigenvalue weighted by atomic mass is 16.5. The van der Waals surface area contributed by atoms with E-state index >= 15 is 0 Å². The van der Waals surface area contributed by atoms with Gasteiger partial charge in [-0.05, 0) is 58.4 Å². The van der Waals surface area contributed by atoms with Gasteiger partial charge in [-0.15, -0.1) is 0 Å². The number of para-hydroxylation sites is 3. The maximum absolute atomic E-state index is 13.1. The largest absolute Gasteiger partial charge is 0.485 e. The molecular formula is C23H29N3O2. The molecule has 0 aliphatic heterocycles. The van der Waals surface area contributed by atoms with Crippen molar-refractivity contribution in [3.05, 3.63) is 59.9 Å². The molecule has 0 fully saturated rings. The smallest absolute Gasteiger partial charge is 0.243 e. The molecule has 1 amide bonds. The number of hydrogen-bond acceptors (Lipinski definition) is 3. The van der Waals surface area contributed by atoms with Crippen LogP contribution in [0.2, 0.25) is 0 Å². The van der Waals surface area contributed by atoms with Gasteiger partial charge in [-0.2, -0.15) is 0 Å². The Bertz CT molecular complexity index is 951. The van der Waals surface area contributed by atoms with E-state index in [1.54, 1.807) is 0 Å². The molecule has 5 nitrogen and oxygen atoms in total. The van der Waals surface area contributed by atoms with Crippen molar-refractivity contribution >= 4 is 16.9 Å². The topological polar surface area (TPSA) is 47.4 Å². The van der Waals surface area contributed by atoms with Crippen molar-refractivity contribution in [3.63, 3.8) is 0 Å². The fraction of sp³-hybridized carbons (Fsp3) is 0.391. The van der Waals surface area contributed by atoms with E-state index in [1.165, 1.54) is 0 Å². The van der Waals surface area contributed by atoms with Crippen LogP contribution in [0.4, 0.5) is 0 Å². The van der Waals surface area contributed by atoms with Gasteiger partial charge in [0.05, 0.1) is 11.0 Å². The van der Waals surface area contributed by atoms with Gasteiger partial charge >= 0.3 is 0 Å². The Morgan fingerprint density at radius 2 is 1.68 bits per heavy atom. The Kier molecular flexibility index (Phi) is 6.02. The number of aryl methyl sites for hydroxylation is 1. The maximum atomic E-state index is 13.1. The van der Waals surface area contributed by atoms with Crippen LogP contribution in [0, 0.1) is 6.92 Å². The normalized spacial score (nSPS) is 11.4. The number of imidazole rings is 1. The number of aromatic nitrogens is 2. The fourth-order valence-electron chi connectivity index (χ4n) is 3.66. The fourth-order valence-corrected chi connectivity index (χ4v) is 3.66. The van der Waals surface area contributed by atoms with Gasteiger partial charge in [-0.1, -0.05) is 30.3 Å². The summed E-state index contributed by atoms with van der Waals surface area (Å²) in [5, 5.41) is 0. The highest BCUT2D eigenvalue weighted by Gasteiger charge is 2.22. The van der Waals surface area contributed by atoms with Crippen LogP contribution in [0.5, 0.6) is 5.75 Å². The zero-order valence-corrected chi connectivity index (χ0v) is 17.3. The molecule has 2 aromatic carbocycles. The lowest BCUT2D eigenvalue weighted by Gasteiger charge is -2.31. The SMILES string of the molecule is Cc1ccccc1OCc1nc2ccccc2n1CC(=O)N(C(C)C)C(C)C. The third-order valence-corrected chi connectivity index (χ3v) is 4.88. The number of carbonyl (C=O) groups excluding carboxylic acids is 1. The van der Waals surface area contributed by atoms with Gasteiger partial charge in [-0.25, -0.2) is 4.98 Å².